The summed E-state index contributed by atoms with van der Waals surface area (Å²) in [5.41, 5.74) is 1.49. The van der Waals surface area contributed by atoms with Crippen LogP contribution in [0.3, 0.4) is 0 Å². The molecule has 2 N–H and O–H groups in total. The van der Waals surface area contributed by atoms with Crippen molar-refractivity contribution in [3.8, 4) is 0 Å². The first-order valence-electron chi connectivity index (χ1n) is 8.44. The van der Waals surface area contributed by atoms with Crippen LogP contribution in [0.15, 0.2) is 24.4 Å². The minimum atomic E-state index is -3.53. The Morgan fingerprint density at radius 3 is 2.54 bits per heavy atom. The molecule has 0 bridgehead atoms. The molecule has 0 spiro atoms. The van der Waals surface area contributed by atoms with E-state index in [0.29, 0.717) is 18.8 Å². The number of hydrogen-bond donors (Lipinski definition) is 2. The number of sulfone groups is 1. The van der Waals surface area contributed by atoms with Gasteiger partial charge in [-0.3, -0.25) is 9.48 Å². The van der Waals surface area contributed by atoms with E-state index in [9.17, 15) is 13.2 Å². The van der Waals surface area contributed by atoms with E-state index in [2.05, 4.69) is 15.7 Å². The van der Waals surface area contributed by atoms with Gasteiger partial charge in [0.25, 0.3) is 0 Å². The van der Waals surface area contributed by atoms with Gasteiger partial charge in [0.15, 0.2) is 14.6 Å². The molecule has 0 unspecified atom stereocenters. The van der Waals surface area contributed by atoms with Gasteiger partial charge < -0.3 is 10.6 Å². The average Bonchev–Trinajstić information content (AvgIpc) is 2.97. The highest BCUT2D eigenvalue weighted by Crippen LogP contribution is 2.30. The number of benzene rings is 1. The molecule has 0 atom stereocenters. The number of aromatic nitrogens is 2. The van der Waals surface area contributed by atoms with Gasteiger partial charge >= 0.3 is 0 Å². The second kappa shape index (κ2) is 7.54. The number of fused-ring (bicyclic) bond motifs is 1. The van der Waals surface area contributed by atoms with Gasteiger partial charge in [0.1, 0.15) is 0 Å². The predicted molar refractivity (Wildman–Crippen MR) is 106 cm³/mol. The first-order valence-corrected chi connectivity index (χ1v) is 10.3. The van der Waals surface area contributed by atoms with Crippen LogP contribution in [0.5, 0.6) is 0 Å². The molecule has 2 aromatic rings. The van der Waals surface area contributed by atoms with Crippen molar-refractivity contribution in [1.29, 1.82) is 0 Å². The fraction of sp³-hybridized carbons (Fsp3) is 0.529. The summed E-state index contributed by atoms with van der Waals surface area (Å²) in [7, 11) is -3.53. The van der Waals surface area contributed by atoms with Crippen molar-refractivity contribution in [2.45, 2.75) is 37.5 Å². The Morgan fingerprint density at radius 2 is 1.96 bits per heavy atom. The van der Waals surface area contributed by atoms with E-state index in [-0.39, 0.29) is 31.3 Å². The zero-order valence-electron chi connectivity index (χ0n) is 15.2. The van der Waals surface area contributed by atoms with Gasteiger partial charge in [0, 0.05) is 23.4 Å². The summed E-state index contributed by atoms with van der Waals surface area (Å²) in [5.74, 6) is -0.452. The van der Waals surface area contributed by atoms with Crippen LogP contribution >= 0.6 is 12.4 Å². The van der Waals surface area contributed by atoms with Gasteiger partial charge in [-0.05, 0) is 58.0 Å². The van der Waals surface area contributed by atoms with Gasteiger partial charge in [-0.15, -0.1) is 12.4 Å². The number of amides is 1. The zero-order valence-corrected chi connectivity index (χ0v) is 16.8. The lowest BCUT2D eigenvalue weighted by Gasteiger charge is -2.34. The maximum Gasteiger partial charge on any atom is 0.245 e. The first kappa shape index (κ1) is 20.7. The molecule has 1 saturated heterocycles. The van der Waals surface area contributed by atoms with Gasteiger partial charge in [-0.25, -0.2) is 8.42 Å². The van der Waals surface area contributed by atoms with E-state index in [1.807, 2.05) is 30.7 Å². The van der Waals surface area contributed by atoms with Crippen LogP contribution in [0.2, 0.25) is 0 Å². The van der Waals surface area contributed by atoms with Crippen LogP contribution in [-0.2, 0) is 14.6 Å². The van der Waals surface area contributed by atoms with E-state index >= 15 is 0 Å². The van der Waals surface area contributed by atoms with Crippen LogP contribution in [0.1, 0.15) is 32.7 Å². The number of nitrogens with zero attached hydrogens (tertiary/aromatic N) is 2. The van der Waals surface area contributed by atoms with Crippen molar-refractivity contribution in [3.05, 3.63) is 24.4 Å². The molecular weight excluding hydrogens is 376 g/mol. The molecule has 1 aliphatic rings. The Labute approximate surface area is 159 Å². The van der Waals surface area contributed by atoms with E-state index in [0.717, 1.165) is 17.2 Å². The minimum absolute atomic E-state index is 0. The molecule has 0 aliphatic carbocycles. The maximum absolute atomic E-state index is 12.9. The lowest BCUT2D eigenvalue weighted by atomic mass is 9.95. The summed E-state index contributed by atoms with van der Waals surface area (Å²) in [5, 5.41) is 11.3. The number of piperidine rings is 1. The Hall–Kier alpha value is -1.64. The second-order valence-corrected chi connectivity index (χ2v) is 9.25. The molecule has 1 aliphatic heterocycles. The largest absolute Gasteiger partial charge is 0.325 e. The fourth-order valence-corrected chi connectivity index (χ4v) is 4.70. The Morgan fingerprint density at radius 1 is 1.31 bits per heavy atom. The van der Waals surface area contributed by atoms with Gasteiger partial charge in [0.05, 0.1) is 11.7 Å². The smallest absolute Gasteiger partial charge is 0.245 e. The lowest BCUT2D eigenvalue weighted by molar-refractivity contribution is -0.119. The zero-order chi connectivity index (χ0) is 18.2. The van der Waals surface area contributed by atoms with Gasteiger partial charge in [-0.2, -0.15) is 5.10 Å². The molecule has 0 saturated carbocycles. The molecule has 1 aromatic heterocycles. The molecular formula is C17H25ClN4O3S. The number of carbonyl (C=O) groups excluding carboxylic acids is 1. The Bertz CT molecular complexity index is 902. The van der Waals surface area contributed by atoms with Gasteiger partial charge in [-0.1, -0.05) is 0 Å². The molecule has 0 radical (unpaired) electrons. The third-order valence-corrected chi connectivity index (χ3v) is 6.89. The molecule has 3 rings (SSSR count). The highest BCUT2D eigenvalue weighted by molar-refractivity contribution is 7.92. The number of anilines is 1. The summed E-state index contributed by atoms with van der Waals surface area (Å²) in [6, 6.07) is 5.70. The number of hydrogen-bond acceptors (Lipinski definition) is 5. The molecule has 1 aromatic carbocycles. The fourth-order valence-electron chi connectivity index (χ4n) is 3.37. The summed E-state index contributed by atoms with van der Waals surface area (Å²) < 4.78 is 25.2. The van der Waals surface area contributed by atoms with Crippen molar-refractivity contribution in [3.63, 3.8) is 0 Å². The van der Waals surface area contributed by atoms with E-state index in [1.165, 1.54) is 0 Å². The van der Waals surface area contributed by atoms with Crippen LogP contribution in [0, 0.1) is 0 Å². The van der Waals surface area contributed by atoms with Crippen LogP contribution in [-0.4, -0.2) is 48.2 Å². The summed E-state index contributed by atoms with van der Waals surface area (Å²) >= 11 is 0. The SMILES string of the molecule is CC(C)n1ncc2ccc(NC(=O)C3(S(C)(=O)=O)CCNCC3)cc21.Cl. The quantitative estimate of drug-likeness (QED) is 0.820. The predicted octanol–water partition coefficient (Wildman–Crippen LogP) is 2.14. The second-order valence-electron chi connectivity index (χ2n) is 6.93. The molecule has 9 heteroatoms. The molecule has 7 nitrogen and oxygen atoms in total. The van der Waals surface area contributed by atoms with E-state index in [1.54, 1.807) is 12.3 Å². The Kier molecular flexibility index (Phi) is 5.99. The van der Waals surface area contributed by atoms with Crippen molar-refractivity contribution in [2.24, 2.45) is 0 Å². The topological polar surface area (TPSA) is 93.1 Å². The standard InChI is InChI=1S/C17H24N4O3S.ClH/c1-12(2)21-15-10-14(5-4-13(15)11-19-21)20-16(22)17(25(3,23)24)6-8-18-9-7-17;/h4-5,10-12,18H,6-9H2,1-3H3,(H,20,22);1H. The monoisotopic (exact) mass is 400 g/mol. The normalized spacial score (nSPS) is 17.1. The first-order chi connectivity index (χ1) is 11.7. The minimum Gasteiger partial charge on any atom is -0.325 e. The van der Waals surface area contributed by atoms with E-state index in [4.69, 9.17) is 0 Å². The number of halogens is 1. The summed E-state index contributed by atoms with van der Waals surface area (Å²) in [6.45, 7) is 5.09. The third kappa shape index (κ3) is 3.58. The van der Waals surface area contributed by atoms with Crippen LogP contribution in [0.25, 0.3) is 10.9 Å². The van der Waals surface area contributed by atoms with Crippen molar-refractivity contribution >= 4 is 44.7 Å². The molecule has 26 heavy (non-hydrogen) atoms. The summed E-state index contributed by atoms with van der Waals surface area (Å²) in [6.07, 6.45) is 3.49. The Balaban J connectivity index is 0.00000243. The number of rotatable bonds is 4. The van der Waals surface area contributed by atoms with E-state index < -0.39 is 20.5 Å². The molecule has 1 amide bonds. The van der Waals surface area contributed by atoms with Crippen molar-refractivity contribution in [1.82, 2.24) is 15.1 Å². The molecule has 2 heterocycles. The summed E-state index contributed by atoms with van der Waals surface area (Å²) in [4.78, 5) is 12.9. The van der Waals surface area contributed by atoms with Gasteiger partial charge in [0.2, 0.25) is 5.91 Å². The maximum atomic E-state index is 12.9. The average molecular weight is 401 g/mol. The van der Waals surface area contributed by atoms with Crippen LogP contribution in [0.4, 0.5) is 5.69 Å². The lowest BCUT2D eigenvalue weighted by Crippen LogP contribution is -2.55. The van der Waals surface area contributed by atoms with Crippen molar-refractivity contribution in [2.75, 3.05) is 24.7 Å². The third-order valence-electron chi connectivity index (χ3n) is 4.88. The highest BCUT2D eigenvalue weighted by Gasteiger charge is 2.48. The van der Waals surface area contributed by atoms with Crippen LogP contribution < -0.4 is 10.6 Å². The van der Waals surface area contributed by atoms with Crippen molar-refractivity contribution < 1.29 is 13.2 Å². The number of nitrogens with one attached hydrogen (secondary N) is 2. The highest BCUT2D eigenvalue weighted by atomic mass is 35.5. The molecule has 144 valence electrons. The molecule has 1 fully saturated rings. The number of carbonyl (C=O) groups is 1.